The van der Waals surface area contributed by atoms with Crippen LogP contribution < -0.4 is 5.32 Å². The quantitative estimate of drug-likeness (QED) is 0.592. The first-order valence-electron chi connectivity index (χ1n) is 12.9. The van der Waals surface area contributed by atoms with Crippen LogP contribution in [0.1, 0.15) is 65.8 Å². The monoisotopic (exact) mass is 464 g/mol. The van der Waals surface area contributed by atoms with E-state index in [9.17, 15) is 9.59 Å². The number of amides is 2. The SMILES string of the molecule is CC(=O)N1CCC(C(=O)NCC2CC3c4ccccc4C2c2ccccc23)(c2ccccc2)CC1. The third-order valence-electron chi connectivity index (χ3n) is 8.77. The predicted molar refractivity (Wildman–Crippen MR) is 137 cm³/mol. The van der Waals surface area contributed by atoms with Crippen molar-refractivity contribution in [3.05, 3.63) is 107 Å². The molecule has 1 saturated heterocycles. The minimum absolute atomic E-state index is 0.0858. The maximum Gasteiger partial charge on any atom is 0.230 e. The van der Waals surface area contributed by atoms with Crippen LogP contribution in [0.4, 0.5) is 0 Å². The summed E-state index contributed by atoms with van der Waals surface area (Å²) in [5.74, 6) is 1.28. The molecule has 2 amide bonds. The molecule has 1 atom stereocenters. The Morgan fingerprint density at radius 2 is 1.37 bits per heavy atom. The molecule has 4 aliphatic rings. The average Bonchev–Trinajstić information content (AvgIpc) is 2.92. The van der Waals surface area contributed by atoms with Crippen LogP contribution in [0, 0.1) is 5.92 Å². The van der Waals surface area contributed by atoms with E-state index in [1.807, 2.05) is 23.1 Å². The molecule has 0 radical (unpaired) electrons. The molecular weight excluding hydrogens is 432 g/mol. The Labute approximate surface area is 207 Å². The largest absolute Gasteiger partial charge is 0.355 e. The summed E-state index contributed by atoms with van der Waals surface area (Å²) in [6.45, 7) is 3.52. The molecule has 0 saturated carbocycles. The zero-order valence-electron chi connectivity index (χ0n) is 20.2. The molecule has 0 aromatic heterocycles. The number of carbonyl (C=O) groups is 2. The van der Waals surface area contributed by atoms with Gasteiger partial charge in [-0.25, -0.2) is 0 Å². The Bertz CT molecular complexity index is 1210. The molecule has 1 fully saturated rings. The molecule has 1 heterocycles. The van der Waals surface area contributed by atoms with Crippen molar-refractivity contribution in [1.29, 1.82) is 0 Å². The van der Waals surface area contributed by atoms with Gasteiger partial charge in [-0.05, 0) is 53.0 Å². The summed E-state index contributed by atoms with van der Waals surface area (Å²) in [6, 6.07) is 27.9. The van der Waals surface area contributed by atoms with Crippen molar-refractivity contribution in [2.24, 2.45) is 5.92 Å². The smallest absolute Gasteiger partial charge is 0.230 e. The van der Waals surface area contributed by atoms with Crippen LogP contribution in [-0.4, -0.2) is 36.3 Å². The van der Waals surface area contributed by atoms with Crippen LogP contribution in [-0.2, 0) is 15.0 Å². The van der Waals surface area contributed by atoms with Crippen molar-refractivity contribution >= 4 is 11.8 Å². The number of hydrogen-bond acceptors (Lipinski definition) is 2. The Morgan fingerprint density at radius 1 is 0.829 bits per heavy atom. The number of nitrogens with zero attached hydrogens (tertiary/aromatic N) is 1. The van der Waals surface area contributed by atoms with E-state index in [1.165, 1.54) is 22.3 Å². The van der Waals surface area contributed by atoms with Gasteiger partial charge in [-0.2, -0.15) is 0 Å². The van der Waals surface area contributed by atoms with Crippen LogP contribution in [0.5, 0.6) is 0 Å². The number of hydrogen-bond donors (Lipinski definition) is 1. The third-order valence-corrected chi connectivity index (χ3v) is 8.77. The van der Waals surface area contributed by atoms with E-state index in [2.05, 4.69) is 66.0 Å². The fraction of sp³-hybridized carbons (Fsp3) is 0.355. The molecule has 2 bridgehead atoms. The first kappa shape index (κ1) is 22.1. The van der Waals surface area contributed by atoms with E-state index < -0.39 is 5.41 Å². The van der Waals surface area contributed by atoms with Gasteiger partial charge in [0.1, 0.15) is 0 Å². The summed E-state index contributed by atoms with van der Waals surface area (Å²) in [7, 11) is 0. The van der Waals surface area contributed by atoms with Crippen molar-refractivity contribution in [3.63, 3.8) is 0 Å². The van der Waals surface area contributed by atoms with Gasteiger partial charge in [-0.3, -0.25) is 9.59 Å². The molecule has 1 aliphatic heterocycles. The summed E-state index contributed by atoms with van der Waals surface area (Å²) in [4.78, 5) is 27.7. The second kappa shape index (κ2) is 8.67. The Hall–Kier alpha value is -3.40. The van der Waals surface area contributed by atoms with Crippen molar-refractivity contribution in [1.82, 2.24) is 10.2 Å². The van der Waals surface area contributed by atoms with Crippen LogP contribution in [0.2, 0.25) is 0 Å². The van der Waals surface area contributed by atoms with Gasteiger partial charge in [0.25, 0.3) is 0 Å². The fourth-order valence-electron chi connectivity index (χ4n) is 6.96. The van der Waals surface area contributed by atoms with Crippen LogP contribution in [0.25, 0.3) is 0 Å². The van der Waals surface area contributed by atoms with Gasteiger partial charge in [0.05, 0.1) is 5.41 Å². The number of carbonyl (C=O) groups excluding carboxylic acids is 2. The summed E-state index contributed by atoms with van der Waals surface area (Å²) in [5, 5.41) is 3.41. The highest BCUT2D eigenvalue weighted by Crippen LogP contribution is 2.55. The topological polar surface area (TPSA) is 49.4 Å². The van der Waals surface area contributed by atoms with Gasteiger partial charge < -0.3 is 10.2 Å². The van der Waals surface area contributed by atoms with Gasteiger partial charge in [-0.15, -0.1) is 0 Å². The summed E-state index contributed by atoms with van der Waals surface area (Å²) >= 11 is 0. The number of piperidine rings is 1. The molecule has 0 spiro atoms. The lowest BCUT2D eigenvalue weighted by Crippen LogP contribution is -2.53. The number of rotatable bonds is 4. The highest BCUT2D eigenvalue weighted by Gasteiger charge is 2.46. The normalized spacial score (nSPS) is 23.8. The van der Waals surface area contributed by atoms with E-state index in [-0.39, 0.29) is 11.8 Å². The first-order valence-corrected chi connectivity index (χ1v) is 12.9. The van der Waals surface area contributed by atoms with Gasteiger partial charge >= 0.3 is 0 Å². The van der Waals surface area contributed by atoms with Crippen molar-refractivity contribution in [2.45, 2.75) is 43.4 Å². The van der Waals surface area contributed by atoms with Gasteiger partial charge in [0.15, 0.2) is 0 Å². The van der Waals surface area contributed by atoms with Crippen molar-refractivity contribution in [2.75, 3.05) is 19.6 Å². The predicted octanol–water partition coefficient (Wildman–Crippen LogP) is 4.98. The lowest BCUT2D eigenvalue weighted by Gasteiger charge is -2.46. The average molecular weight is 465 g/mol. The summed E-state index contributed by atoms with van der Waals surface area (Å²) < 4.78 is 0. The Balaban J connectivity index is 1.26. The third kappa shape index (κ3) is 3.58. The second-order valence-corrected chi connectivity index (χ2v) is 10.4. The maximum absolute atomic E-state index is 13.9. The summed E-state index contributed by atoms with van der Waals surface area (Å²) in [6.07, 6.45) is 2.38. The molecule has 4 heteroatoms. The molecule has 35 heavy (non-hydrogen) atoms. The molecule has 3 aliphatic carbocycles. The Kier molecular flexibility index (Phi) is 5.47. The molecule has 3 aromatic carbocycles. The van der Waals surface area contributed by atoms with Gasteiger partial charge in [-0.1, -0.05) is 78.9 Å². The minimum Gasteiger partial charge on any atom is -0.355 e. The van der Waals surface area contributed by atoms with E-state index >= 15 is 0 Å². The van der Waals surface area contributed by atoms with Gasteiger partial charge in [0, 0.05) is 38.4 Å². The number of fused-ring (bicyclic) bond motifs is 1. The molecular formula is C31H32N2O2. The second-order valence-electron chi connectivity index (χ2n) is 10.4. The highest BCUT2D eigenvalue weighted by atomic mass is 16.2. The standard InChI is InChI=1S/C31H32N2O2/c1-21(34)33-17-15-31(16-18-33,23-9-3-2-4-10-23)30(35)32-20-22-19-28-24-11-5-7-13-26(24)29(22)27-14-8-6-12-25(27)28/h2-14,22,28-29H,15-20H2,1H3,(H,32,35). The van der Waals surface area contributed by atoms with Gasteiger partial charge in [0.2, 0.25) is 11.8 Å². The van der Waals surface area contributed by atoms with Crippen molar-refractivity contribution < 1.29 is 9.59 Å². The van der Waals surface area contributed by atoms with E-state index in [0.29, 0.717) is 50.2 Å². The Morgan fingerprint density at radius 3 is 1.94 bits per heavy atom. The van der Waals surface area contributed by atoms with E-state index in [1.54, 1.807) is 6.92 Å². The fourth-order valence-corrected chi connectivity index (χ4v) is 6.96. The highest BCUT2D eigenvalue weighted by molar-refractivity contribution is 5.89. The van der Waals surface area contributed by atoms with Crippen molar-refractivity contribution in [3.8, 4) is 0 Å². The van der Waals surface area contributed by atoms with Crippen LogP contribution in [0.3, 0.4) is 0 Å². The molecule has 178 valence electrons. The molecule has 1 unspecified atom stereocenters. The number of likely N-dealkylation sites (tertiary alicyclic amines) is 1. The number of benzene rings is 3. The summed E-state index contributed by atoms with van der Waals surface area (Å²) in [5.41, 5.74) is 6.23. The minimum atomic E-state index is -0.587. The zero-order chi connectivity index (χ0) is 24.0. The lowest BCUT2D eigenvalue weighted by molar-refractivity contribution is -0.135. The van der Waals surface area contributed by atoms with Crippen LogP contribution in [0.15, 0.2) is 78.9 Å². The zero-order valence-corrected chi connectivity index (χ0v) is 20.2. The molecule has 7 rings (SSSR count). The lowest BCUT2D eigenvalue weighted by atomic mass is 9.59. The molecule has 3 aromatic rings. The first-order chi connectivity index (χ1) is 17.1. The van der Waals surface area contributed by atoms with E-state index in [0.717, 1.165) is 12.0 Å². The maximum atomic E-state index is 13.9. The number of nitrogens with one attached hydrogen (secondary N) is 1. The molecule has 4 nitrogen and oxygen atoms in total. The van der Waals surface area contributed by atoms with Crippen LogP contribution >= 0.6 is 0 Å². The molecule has 1 N–H and O–H groups in total. The van der Waals surface area contributed by atoms with E-state index in [4.69, 9.17) is 0 Å².